The molecule has 0 aromatic carbocycles. The molecule has 5 heteroatoms. The summed E-state index contributed by atoms with van der Waals surface area (Å²) < 4.78 is 0. The number of nitrogens with zero attached hydrogens (tertiary/aromatic N) is 1. The maximum absolute atomic E-state index is 12.5. The van der Waals surface area contributed by atoms with Crippen molar-refractivity contribution in [2.45, 2.75) is 25.4 Å². The van der Waals surface area contributed by atoms with Crippen molar-refractivity contribution in [1.82, 2.24) is 9.88 Å². The van der Waals surface area contributed by atoms with Crippen molar-refractivity contribution in [2.75, 3.05) is 0 Å². The van der Waals surface area contributed by atoms with Gasteiger partial charge in [-0.15, -0.1) is 0 Å². The van der Waals surface area contributed by atoms with Crippen LogP contribution in [-0.4, -0.2) is 21.8 Å². The lowest BCUT2D eigenvalue weighted by Gasteiger charge is -2.21. The first kappa shape index (κ1) is 12.2. The second kappa shape index (κ2) is 5.01. The Morgan fingerprint density at radius 1 is 1.37 bits per heavy atom. The van der Waals surface area contributed by atoms with Gasteiger partial charge in [-0.1, -0.05) is 0 Å². The van der Waals surface area contributed by atoms with Gasteiger partial charge >= 0.3 is 0 Å². The molecule has 2 heterocycles. The molecule has 2 aromatic rings. The number of thiophene rings is 1. The Hall–Kier alpha value is -1.88. The predicted molar refractivity (Wildman–Crippen MR) is 74.3 cm³/mol. The fraction of sp³-hybridized carbons (Fsp3) is 0.286. The molecule has 98 valence electrons. The Morgan fingerprint density at radius 2 is 2.21 bits per heavy atom. The molecule has 0 radical (unpaired) electrons. The van der Waals surface area contributed by atoms with E-state index in [1.54, 1.807) is 17.4 Å². The van der Waals surface area contributed by atoms with E-state index in [-0.39, 0.29) is 11.5 Å². The van der Waals surface area contributed by atoms with E-state index < -0.39 is 0 Å². The first-order valence-electron chi connectivity index (χ1n) is 6.25. The molecular formula is C14H14N2O2S. The van der Waals surface area contributed by atoms with Crippen LogP contribution in [0.1, 0.15) is 28.8 Å². The van der Waals surface area contributed by atoms with Crippen LogP contribution in [0.5, 0.6) is 0 Å². The molecule has 0 unspecified atom stereocenters. The van der Waals surface area contributed by atoms with E-state index in [9.17, 15) is 9.59 Å². The fourth-order valence-corrected chi connectivity index (χ4v) is 2.70. The Kier molecular flexibility index (Phi) is 3.21. The minimum atomic E-state index is -0.188. The van der Waals surface area contributed by atoms with Crippen LogP contribution in [0.15, 0.2) is 40.0 Å². The molecule has 0 aliphatic heterocycles. The molecule has 1 N–H and O–H groups in total. The highest BCUT2D eigenvalue weighted by atomic mass is 32.1. The molecule has 1 aliphatic carbocycles. The molecule has 3 rings (SSSR count). The second-order valence-corrected chi connectivity index (χ2v) is 5.52. The van der Waals surface area contributed by atoms with Crippen LogP contribution in [0.3, 0.4) is 0 Å². The van der Waals surface area contributed by atoms with Crippen molar-refractivity contribution < 1.29 is 4.79 Å². The van der Waals surface area contributed by atoms with E-state index in [4.69, 9.17) is 0 Å². The lowest BCUT2D eigenvalue weighted by Crippen LogP contribution is -2.32. The smallest absolute Gasteiger partial charge is 0.255 e. The van der Waals surface area contributed by atoms with Crippen molar-refractivity contribution in [3.05, 3.63) is 56.6 Å². The minimum absolute atomic E-state index is 0.00931. The third-order valence-corrected chi connectivity index (χ3v) is 3.94. The number of rotatable bonds is 4. The number of aromatic nitrogens is 1. The third kappa shape index (κ3) is 2.76. The number of carbonyl (C=O) groups excluding carboxylic acids is 1. The summed E-state index contributed by atoms with van der Waals surface area (Å²) >= 11 is 1.64. The normalized spacial score (nSPS) is 14.3. The van der Waals surface area contributed by atoms with E-state index in [2.05, 4.69) is 10.4 Å². The van der Waals surface area contributed by atoms with Gasteiger partial charge in [-0.2, -0.15) is 11.3 Å². The molecule has 19 heavy (non-hydrogen) atoms. The van der Waals surface area contributed by atoms with Crippen molar-refractivity contribution in [2.24, 2.45) is 0 Å². The molecule has 1 aliphatic rings. The maximum Gasteiger partial charge on any atom is 0.255 e. The molecule has 2 aromatic heterocycles. The second-order valence-electron chi connectivity index (χ2n) is 4.74. The van der Waals surface area contributed by atoms with Crippen LogP contribution in [0, 0.1) is 0 Å². The number of nitrogens with one attached hydrogen (secondary N) is 1. The summed E-state index contributed by atoms with van der Waals surface area (Å²) in [5.74, 6) is -0.00931. The van der Waals surface area contributed by atoms with Crippen LogP contribution < -0.4 is 5.56 Å². The Morgan fingerprint density at radius 3 is 2.79 bits per heavy atom. The molecule has 4 nitrogen and oxygen atoms in total. The Bertz CT molecular complexity index is 609. The number of hydrogen-bond donors (Lipinski definition) is 1. The molecule has 1 amide bonds. The Balaban J connectivity index is 1.81. The topological polar surface area (TPSA) is 53.2 Å². The van der Waals surface area contributed by atoms with E-state index in [0.29, 0.717) is 18.2 Å². The van der Waals surface area contributed by atoms with Crippen LogP contribution in [0.2, 0.25) is 0 Å². The number of aromatic amines is 1. The summed E-state index contributed by atoms with van der Waals surface area (Å²) in [6.07, 6.45) is 3.63. The van der Waals surface area contributed by atoms with E-state index >= 15 is 0 Å². The molecule has 0 saturated heterocycles. The molecule has 0 spiro atoms. The molecule has 1 saturated carbocycles. The van der Waals surface area contributed by atoms with Gasteiger partial charge in [0.2, 0.25) is 5.56 Å². The van der Waals surface area contributed by atoms with Crippen LogP contribution in [0.4, 0.5) is 0 Å². The molecule has 1 fully saturated rings. The average molecular weight is 274 g/mol. The lowest BCUT2D eigenvalue weighted by atomic mass is 10.2. The number of H-pyrrole nitrogens is 1. The van der Waals surface area contributed by atoms with Crippen LogP contribution >= 0.6 is 11.3 Å². The zero-order valence-corrected chi connectivity index (χ0v) is 11.2. The van der Waals surface area contributed by atoms with Gasteiger partial charge < -0.3 is 9.88 Å². The summed E-state index contributed by atoms with van der Waals surface area (Å²) in [5.41, 5.74) is 1.52. The number of hydrogen-bond acceptors (Lipinski definition) is 3. The van der Waals surface area contributed by atoms with Crippen molar-refractivity contribution in [3.63, 3.8) is 0 Å². The predicted octanol–water partition coefficient (Wildman–Crippen LogP) is 2.24. The standard InChI is InChI=1S/C14H14N2O2S/c17-13-4-1-11(7-15-13)14(18)16(12-2-3-12)8-10-5-6-19-9-10/h1,4-7,9,12H,2-3,8H2,(H,15,17). The largest absolute Gasteiger partial charge is 0.331 e. The van der Waals surface area contributed by atoms with Gasteiger partial charge in [0.15, 0.2) is 0 Å². The monoisotopic (exact) mass is 274 g/mol. The minimum Gasteiger partial charge on any atom is -0.331 e. The highest BCUT2D eigenvalue weighted by molar-refractivity contribution is 7.07. The van der Waals surface area contributed by atoms with Gasteiger partial charge in [-0.05, 0) is 41.3 Å². The quantitative estimate of drug-likeness (QED) is 0.929. The van der Waals surface area contributed by atoms with E-state index in [1.165, 1.54) is 12.3 Å². The van der Waals surface area contributed by atoms with Crippen LogP contribution in [0.25, 0.3) is 0 Å². The summed E-state index contributed by atoms with van der Waals surface area (Å²) in [5, 5.41) is 4.08. The van der Waals surface area contributed by atoms with Gasteiger partial charge in [0, 0.05) is 24.8 Å². The molecular weight excluding hydrogens is 260 g/mol. The summed E-state index contributed by atoms with van der Waals surface area (Å²) in [6, 6.07) is 5.37. The zero-order valence-electron chi connectivity index (χ0n) is 10.3. The number of pyridine rings is 1. The molecule has 0 bridgehead atoms. The van der Waals surface area contributed by atoms with Crippen molar-refractivity contribution in [3.8, 4) is 0 Å². The van der Waals surface area contributed by atoms with Gasteiger partial charge in [-0.3, -0.25) is 9.59 Å². The maximum atomic E-state index is 12.5. The lowest BCUT2D eigenvalue weighted by molar-refractivity contribution is 0.0729. The van der Waals surface area contributed by atoms with Crippen molar-refractivity contribution >= 4 is 17.2 Å². The van der Waals surface area contributed by atoms with Gasteiger partial charge in [0.05, 0.1) is 5.56 Å². The first-order valence-corrected chi connectivity index (χ1v) is 7.19. The molecule has 0 atom stereocenters. The SMILES string of the molecule is O=C(c1ccc(=O)[nH]c1)N(Cc1ccsc1)C1CC1. The fourth-order valence-electron chi connectivity index (χ4n) is 2.04. The van der Waals surface area contributed by atoms with Gasteiger partial charge in [0.1, 0.15) is 0 Å². The Labute approximate surface area is 114 Å². The van der Waals surface area contributed by atoms with Gasteiger partial charge in [0.25, 0.3) is 5.91 Å². The highest BCUT2D eigenvalue weighted by Gasteiger charge is 2.33. The van der Waals surface area contributed by atoms with E-state index in [1.807, 2.05) is 16.3 Å². The van der Waals surface area contributed by atoms with Gasteiger partial charge in [-0.25, -0.2) is 0 Å². The highest BCUT2D eigenvalue weighted by Crippen LogP contribution is 2.30. The summed E-state index contributed by atoms with van der Waals surface area (Å²) in [4.78, 5) is 28.0. The summed E-state index contributed by atoms with van der Waals surface area (Å²) in [6.45, 7) is 0.645. The number of carbonyl (C=O) groups is 1. The number of amides is 1. The first-order chi connectivity index (χ1) is 9.24. The third-order valence-electron chi connectivity index (χ3n) is 3.21. The van der Waals surface area contributed by atoms with Crippen LogP contribution in [-0.2, 0) is 6.54 Å². The van der Waals surface area contributed by atoms with Crippen molar-refractivity contribution in [1.29, 1.82) is 0 Å². The summed E-state index contributed by atoms with van der Waals surface area (Å²) in [7, 11) is 0. The van der Waals surface area contributed by atoms with E-state index in [0.717, 1.165) is 18.4 Å². The zero-order chi connectivity index (χ0) is 13.2. The average Bonchev–Trinajstić information content (AvgIpc) is 3.13.